The summed E-state index contributed by atoms with van der Waals surface area (Å²) in [5.74, 6) is -1.50. The minimum Gasteiger partial charge on any atom is -0.480 e. The van der Waals surface area contributed by atoms with Gasteiger partial charge in [-0.1, -0.05) is 19.1 Å². The van der Waals surface area contributed by atoms with E-state index < -0.39 is 11.8 Å². The maximum atomic E-state index is 13.5. The van der Waals surface area contributed by atoms with E-state index in [1.165, 1.54) is 12.1 Å². The predicted molar refractivity (Wildman–Crippen MR) is 89.4 cm³/mol. The first kappa shape index (κ1) is 18.4. The Labute approximate surface area is 141 Å². The number of piperidine rings is 1. The van der Waals surface area contributed by atoms with E-state index in [1.54, 1.807) is 12.1 Å². The maximum absolute atomic E-state index is 13.5. The number of carboxylic acid groups (broad SMARTS) is 1. The fourth-order valence-electron chi connectivity index (χ4n) is 3.07. The highest BCUT2D eigenvalue weighted by atomic mass is 19.1. The summed E-state index contributed by atoms with van der Waals surface area (Å²) in [6, 6.07) is 6.32. The molecule has 1 amide bonds. The van der Waals surface area contributed by atoms with Gasteiger partial charge in [0.25, 0.3) is 0 Å². The number of nitrogens with zero attached hydrogens (tertiary/aromatic N) is 2. The largest absolute Gasteiger partial charge is 0.480 e. The standard InChI is InChI=1S/C17H24FN3O3/c1-2-21(12-17(23)24)13-7-9-20(10-8-13)11-16(22)19-15-6-4-3-5-14(15)18/h3-6,13H,2,7-12H2,1H3,(H,19,22)(H,23,24). The third kappa shape index (κ3) is 5.28. The van der Waals surface area contributed by atoms with Crippen LogP contribution >= 0.6 is 0 Å². The number of carboxylic acids is 1. The van der Waals surface area contributed by atoms with Crippen molar-refractivity contribution < 1.29 is 19.1 Å². The van der Waals surface area contributed by atoms with Crippen molar-refractivity contribution in [2.45, 2.75) is 25.8 Å². The van der Waals surface area contributed by atoms with Crippen LogP contribution in [0.15, 0.2) is 24.3 Å². The summed E-state index contributed by atoms with van der Waals surface area (Å²) in [6.07, 6.45) is 1.65. The van der Waals surface area contributed by atoms with Gasteiger partial charge in [0.15, 0.2) is 0 Å². The van der Waals surface area contributed by atoms with E-state index in [2.05, 4.69) is 5.32 Å². The highest BCUT2D eigenvalue weighted by Crippen LogP contribution is 2.17. The molecule has 1 fully saturated rings. The molecule has 6 nitrogen and oxygen atoms in total. The van der Waals surface area contributed by atoms with Crippen molar-refractivity contribution in [1.82, 2.24) is 9.80 Å². The molecule has 0 atom stereocenters. The molecule has 2 rings (SSSR count). The molecule has 0 unspecified atom stereocenters. The van der Waals surface area contributed by atoms with E-state index in [4.69, 9.17) is 5.11 Å². The van der Waals surface area contributed by atoms with Crippen LogP contribution < -0.4 is 5.32 Å². The molecule has 0 aromatic heterocycles. The van der Waals surface area contributed by atoms with Crippen molar-refractivity contribution in [3.05, 3.63) is 30.1 Å². The Hall–Kier alpha value is -1.99. The average Bonchev–Trinajstić information content (AvgIpc) is 2.55. The number of para-hydroxylation sites is 1. The zero-order valence-electron chi connectivity index (χ0n) is 13.9. The van der Waals surface area contributed by atoms with Crippen LogP contribution in [0.5, 0.6) is 0 Å². The minimum atomic E-state index is -0.816. The molecule has 1 saturated heterocycles. The molecule has 132 valence electrons. The summed E-state index contributed by atoms with van der Waals surface area (Å²) in [4.78, 5) is 26.9. The van der Waals surface area contributed by atoms with Crippen molar-refractivity contribution in [1.29, 1.82) is 0 Å². The summed E-state index contributed by atoms with van der Waals surface area (Å²) >= 11 is 0. The van der Waals surface area contributed by atoms with Crippen molar-refractivity contribution in [2.75, 3.05) is 38.0 Å². The van der Waals surface area contributed by atoms with Crippen LogP contribution in [0.4, 0.5) is 10.1 Å². The number of rotatable bonds is 7. The van der Waals surface area contributed by atoms with Gasteiger partial charge in [0.05, 0.1) is 18.8 Å². The van der Waals surface area contributed by atoms with Gasteiger partial charge < -0.3 is 10.4 Å². The van der Waals surface area contributed by atoms with Gasteiger partial charge >= 0.3 is 5.97 Å². The molecule has 0 spiro atoms. The van der Waals surface area contributed by atoms with Crippen LogP contribution in [0, 0.1) is 5.82 Å². The predicted octanol–water partition coefficient (Wildman–Crippen LogP) is 1.64. The molecule has 0 saturated carbocycles. The first-order valence-electron chi connectivity index (χ1n) is 8.22. The molecular formula is C17H24FN3O3. The molecule has 1 aliphatic rings. The second-order valence-electron chi connectivity index (χ2n) is 5.99. The molecule has 2 N–H and O–H groups in total. The van der Waals surface area contributed by atoms with Gasteiger partial charge in [0.1, 0.15) is 5.82 Å². The summed E-state index contributed by atoms with van der Waals surface area (Å²) in [5, 5.41) is 11.5. The van der Waals surface area contributed by atoms with Crippen molar-refractivity contribution in [3.63, 3.8) is 0 Å². The van der Waals surface area contributed by atoms with Crippen LogP contribution in [0.3, 0.4) is 0 Å². The van der Waals surface area contributed by atoms with Gasteiger partial charge in [-0.2, -0.15) is 0 Å². The summed E-state index contributed by atoms with van der Waals surface area (Å²) in [7, 11) is 0. The van der Waals surface area contributed by atoms with E-state index in [0.29, 0.717) is 6.54 Å². The lowest BCUT2D eigenvalue weighted by Crippen LogP contribution is -2.48. The zero-order chi connectivity index (χ0) is 17.5. The van der Waals surface area contributed by atoms with E-state index >= 15 is 0 Å². The number of likely N-dealkylation sites (N-methyl/N-ethyl adjacent to an activating group) is 1. The van der Waals surface area contributed by atoms with Gasteiger partial charge in [-0.15, -0.1) is 0 Å². The number of amides is 1. The average molecular weight is 337 g/mol. The number of anilines is 1. The summed E-state index contributed by atoms with van der Waals surface area (Å²) in [6.45, 7) is 4.37. The number of carbonyl (C=O) groups excluding carboxylic acids is 1. The van der Waals surface area contributed by atoms with Crippen molar-refractivity contribution >= 4 is 17.6 Å². The molecule has 1 aromatic carbocycles. The first-order chi connectivity index (χ1) is 11.5. The fourth-order valence-corrected chi connectivity index (χ4v) is 3.07. The minimum absolute atomic E-state index is 0.0505. The number of hydrogen-bond acceptors (Lipinski definition) is 4. The monoisotopic (exact) mass is 337 g/mol. The van der Waals surface area contributed by atoms with Crippen LogP contribution in [-0.2, 0) is 9.59 Å². The third-order valence-electron chi connectivity index (χ3n) is 4.33. The van der Waals surface area contributed by atoms with Crippen molar-refractivity contribution in [3.8, 4) is 0 Å². The number of nitrogens with one attached hydrogen (secondary N) is 1. The lowest BCUT2D eigenvalue weighted by atomic mass is 10.0. The number of aliphatic carboxylic acids is 1. The number of benzene rings is 1. The Morgan fingerprint density at radius 1 is 1.33 bits per heavy atom. The molecule has 0 radical (unpaired) electrons. The van der Waals surface area contributed by atoms with Gasteiger partial charge in [0.2, 0.25) is 5.91 Å². The lowest BCUT2D eigenvalue weighted by molar-refractivity contribution is -0.139. The van der Waals surface area contributed by atoms with E-state index in [9.17, 15) is 14.0 Å². The van der Waals surface area contributed by atoms with E-state index in [1.807, 2.05) is 16.7 Å². The molecule has 0 aliphatic carbocycles. The Kier molecular flexibility index (Phi) is 6.69. The van der Waals surface area contributed by atoms with Crippen LogP contribution in [0.2, 0.25) is 0 Å². The molecular weight excluding hydrogens is 313 g/mol. The van der Waals surface area contributed by atoms with Gasteiger partial charge in [-0.25, -0.2) is 4.39 Å². The molecule has 24 heavy (non-hydrogen) atoms. The number of carbonyl (C=O) groups is 2. The quantitative estimate of drug-likeness (QED) is 0.791. The Morgan fingerprint density at radius 2 is 2.00 bits per heavy atom. The Morgan fingerprint density at radius 3 is 2.58 bits per heavy atom. The normalized spacial score (nSPS) is 16.3. The number of likely N-dealkylation sites (tertiary alicyclic amines) is 1. The summed E-state index contributed by atoms with van der Waals surface area (Å²) < 4.78 is 13.5. The Balaban J connectivity index is 1.79. The molecule has 1 aliphatic heterocycles. The number of hydrogen-bond donors (Lipinski definition) is 2. The second-order valence-corrected chi connectivity index (χ2v) is 5.99. The lowest BCUT2D eigenvalue weighted by Gasteiger charge is -2.37. The topological polar surface area (TPSA) is 72.9 Å². The maximum Gasteiger partial charge on any atom is 0.317 e. The van der Waals surface area contributed by atoms with E-state index in [0.717, 1.165) is 25.9 Å². The van der Waals surface area contributed by atoms with Gasteiger partial charge in [0, 0.05) is 19.1 Å². The van der Waals surface area contributed by atoms with Crippen LogP contribution in [-0.4, -0.2) is 65.5 Å². The second kappa shape index (κ2) is 8.75. The SMILES string of the molecule is CCN(CC(=O)O)C1CCN(CC(=O)Nc2ccccc2F)CC1. The van der Waals surface area contributed by atoms with Gasteiger partial charge in [-0.3, -0.25) is 19.4 Å². The van der Waals surface area contributed by atoms with Crippen LogP contribution in [0.25, 0.3) is 0 Å². The van der Waals surface area contributed by atoms with Crippen molar-refractivity contribution in [2.24, 2.45) is 0 Å². The molecule has 7 heteroatoms. The zero-order valence-corrected chi connectivity index (χ0v) is 13.9. The first-order valence-corrected chi connectivity index (χ1v) is 8.22. The number of halogens is 1. The Bertz CT molecular complexity index is 574. The van der Waals surface area contributed by atoms with Crippen LogP contribution in [0.1, 0.15) is 19.8 Å². The van der Waals surface area contributed by atoms with E-state index in [-0.39, 0.29) is 30.7 Å². The highest BCUT2D eigenvalue weighted by molar-refractivity contribution is 5.92. The molecule has 1 aromatic rings. The fraction of sp³-hybridized carbons (Fsp3) is 0.529. The molecule has 1 heterocycles. The smallest absolute Gasteiger partial charge is 0.317 e. The summed E-state index contributed by atoms with van der Waals surface area (Å²) in [5.41, 5.74) is 0.191. The van der Waals surface area contributed by atoms with Gasteiger partial charge in [-0.05, 0) is 31.5 Å². The highest BCUT2D eigenvalue weighted by Gasteiger charge is 2.25. The third-order valence-corrected chi connectivity index (χ3v) is 4.33. The molecule has 0 bridgehead atoms.